The second kappa shape index (κ2) is 19.0. The Bertz CT molecular complexity index is 2320. The van der Waals surface area contributed by atoms with Gasteiger partial charge in [-0.15, -0.1) is 0 Å². The van der Waals surface area contributed by atoms with Crippen molar-refractivity contribution in [3.63, 3.8) is 0 Å². The molecule has 1 heterocycles. The number of furan rings is 1. The van der Waals surface area contributed by atoms with Crippen LogP contribution in [0.1, 0.15) is 61.8 Å². The van der Waals surface area contributed by atoms with Gasteiger partial charge in [0.05, 0.1) is 0 Å². The van der Waals surface area contributed by atoms with E-state index in [-0.39, 0.29) is 12.8 Å². The fourth-order valence-corrected chi connectivity index (χ4v) is 7.49. The first-order valence-electron chi connectivity index (χ1n) is 20.8. The molecule has 0 aliphatic carbocycles. The molecule has 61 heavy (non-hydrogen) atoms. The smallest absolute Gasteiger partial charge is 0.389 e. The van der Waals surface area contributed by atoms with Crippen LogP contribution < -0.4 is 9.80 Å². The van der Waals surface area contributed by atoms with E-state index >= 15 is 0 Å². The van der Waals surface area contributed by atoms with Crippen LogP contribution in [-0.2, 0) is 25.7 Å². The number of benzene rings is 6. The molecule has 0 unspecified atom stereocenters. The summed E-state index contributed by atoms with van der Waals surface area (Å²) in [4.78, 5) is 4.18. The molecule has 0 radical (unpaired) electrons. The topological polar surface area (TPSA) is 19.6 Å². The van der Waals surface area contributed by atoms with Crippen molar-refractivity contribution in [1.29, 1.82) is 0 Å². The second-order valence-corrected chi connectivity index (χ2v) is 15.3. The predicted molar refractivity (Wildman–Crippen MR) is 236 cm³/mol. The standard InChI is InChI=1S/C52H48F6N2O/c1-3-5-37-7-19-43(20-8-37)59(44-21-9-38(6-4-2)10-22-44)47-27-15-41(16-28-47)49-31-32-50(61-49)42-17-29-48(30-18-42)60(45-23-11-39(12-24-45)33-35-51(53,54)55)46-25-13-40(14-26-46)34-36-52(56,57)58/h7-32H,3-6,33-36H2,1-2H3. The predicted octanol–water partition coefficient (Wildman–Crippen LogP) is 16.4. The molecule has 0 fully saturated rings. The molecule has 3 nitrogen and oxygen atoms in total. The fourth-order valence-electron chi connectivity index (χ4n) is 7.49. The third kappa shape index (κ3) is 11.3. The number of aryl methyl sites for hydroxylation is 4. The van der Waals surface area contributed by atoms with Gasteiger partial charge in [-0.3, -0.25) is 0 Å². The van der Waals surface area contributed by atoms with E-state index < -0.39 is 25.2 Å². The SMILES string of the molecule is CCCc1ccc(N(c2ccc(CCC)cc2)c2ccc(-c3ccc(-c4ccc(N(c5ccc(CCC(F)(F)F)cc5)c5ccc(CCC(F)(F)F)cc5)cc4)o3)cc2)cc1. The van der Waals surface area contributed by atoms with E-state index in [0.29, 0.717) is 34.0 Å². The van der Waals surface area contributed by atoms with Gasteiger partial charge in [-0.05, 0) is 157 Å². The number of nitrogens with zero attached hydrogens (tertiary/aromatic N) is 2. The van der Waals surface area contributed by atoms with Crippen molar-refractivity contribution in [2.45, 2.75) is 77.6 Å². The van der Waals surface area contributed by atoms with Crippen molar-refractivity contribution in [3.05, 3.63) is 180 Å². The quantitative estimate of drug-likeness (QED) is 0.0905. The van der Waals surface area contributed by atoms with Gasteiger partial charge < -0.3 is 14.2 Å². The first-order chi connectivity index (χ1) is 29.4. The molecule has 9 heteroatoms. The minimum atomic E-state index is -4.26. The molecule has 0 bridgehead atoms. The summed E-state index contributed by atoms with van der Waals surface area (Å²) in [7, 11) is 0. The summed E-state index contributed by atoms with van der Waals surface area (Å²) in [5.41, 5.74) is 10.8. The number of alkyl halides is 6. The van der Waals surface area contributed by atoms with Gasteiger partial charge in [-0.2, -0.15) is 26.3 Å². The van der Waals surface area contributed by atoms with Crippen LogP contribution in [0.3, 0.4) is 0 Å². The average molecular weight is 831 g/mol. The van der Waals surface area contributed by atoms with E-state index in [1.807, 2.05) is 41.3 Å². The number of anilines is 6. The first-order valence-corrected chi connectivity index (χ1v) is 20.8. The molecular formula is C52H48F6N2O. The lowest BCUT2D eigenvalue weighted by molar-refractivity contribution is -0.134. The van der Waals surface area contributed by atoms with Gasteiger partial charge in [-0.25, -0.2) is 0 Å². The molecule has 7 aromatic rings. The summed E-state index contributed by atoms with van der Waals surface area (Å²) in [6.45, 7) is 4.37. The maximum Gasteiger partial charge on any atom is 0.389 e. The molecule has 6 aromatic carbocycles. The maximum absolute atomic E-state index is 12.9. The molecule has 314 valence electrons. The van der Waals surface area contributed by atoms with Crippen LogP contribution in [0.5, 0.6) is 0 Å². The molecule has 0 aliphatic rings. The lowest BCUT2D eigenvalue weighted by atomic mass is 10.1. The van der Waals surface area contributed by atoms with Gasteiger partial charge >= 0.3 is 12.4 Å². The zero-order valence-electron chi connectivity index (χ0n) is 34.2. The zero-order chi connectivity index (χ0) is 43.0. The molecule has 0 aliphatic heterocycles. The molecule has 0 saturated carbocycles. The Balaban J connectivity index is 1.12. The highest BCUT2D eigenvalue weighted by Crippen LogP contribution is 2.39. The van der Waals surface area contributed by atoms with Crippen molar-refractivity contribution < 1.29 is 30.8 Å². The average Bonchev–Trinajstić information content (AvgIpc) is 3.75. The highest BCUT2D eigenvalue weighted by atomic mass is 19.4. The molecule has 0 atom stereocenters. The van der Waals surface area contributed by atoms with Crippen molar-refractivity contribution in [3.8, 4) is 22.6 Å². The molecular weight excluding hydrogens is 783 g/mol. The van der Waals surface area contributed by atoms with Crippen molar-refractivity contribution >= 4 is 34.1 Å². The van der Waals surface area contributed by atoms with Gasteiger partial charge in [0.2, 0.25) is 0 Å². The molecule has 0 N–H and O–H groups in total. The lowest BCUT2D eigenvalue weighted by Crippen LogP contribution is -2.11. The summed E-state index contributed by atoms with van der Waals surface area (Å²) in [5.74, 6) is 1.38. The Morgan fingerprint density at radius 2 is 0.590 bits per heavy atom. The monoisotopic (exact) mass is 830 g/mol. The minimum Gasteiger partial charge on any atom is -0.456 e. The third-order valence-electron chi connectivity index (χ3n) is 10.7. The Morgan fingerprint density at radius 3 is 0.836 bits per heavy atom. The Hall–Kier alpha value is -6.22. The van der Waals surface area contributed by atoms with E-state index in [9.17, 15) is 26.3 Å². The molecule has 7 rings (SSSR count). The largest absolute Gasteiger partial charge is 0.456 e. The van der Waals surface area contributed by atoms with E-state index in [0.717, 1.165) is 59.6 Å². The Morgan fingerprint density at radius 1 is 0.344 bits per heavy atom. The number of hydrogen-bond acceptors (Lipinski definition) is 3. The number of hydrogen-bond donors (Lipinski definition) is 0. The number of halogens is 6. The van der Waals surface area contributed by atoms with Gasteiger partial charge in [0, 0.05) is 58.1 Å². The highest BCUT2D eigenvalue weighted by molar-refractivity contribution is 5.80. The fraction of sp³-hybridized carbons (Fsp3) is 0.231. The summed E-state index contributed by atoms with van der Waals surface area (Å²) in [5, 5.41) is 0. The first kappa shape index (κ1) is 42.9. The summed E-state index contributed by atoms with van der Waals surface area (Å²) >= 11 is 0. The van der Waals surface area contributed by atoms with Gasteiger partial charge in [0.15, 0.2) is 0 Å². The van der Waals surface area contributed by atoms with E-state index in [4.69, 9.17) is 4.42 Å². The summed E-state index contributed by atoms with van der Waals surface area (Å²) in [6.07, 6.45) is -6.37. The van der Waals surface area contributed by atoms with Crippen LogP contribution >= 0.6 is 0 Å². The van der Waals surface area contributed by atoms with E-state index in [1.54, 1.807) is 48.5 Å². The zero-order valence-corrected chi connectivity index (χ0v) is 34.2. The van der Waals surface area contributed by atoms with Crippen LogP contribution in [-0.4, -0.2) is 12.4 Å². The van der Waals surface area contributed by atoms with Gasteiger partial charge in [0.25, 0.3) is 0 Å². The lowest BCUT2D eigenvalue weighted by Gasteiger charge is -2.26. The van der Waals surface area contributed by atoms with E-state index in [2.05, 4.69) is 91.5 Å². The van der Waals surface area contributed by atoms with Crippen molar-refractivity contribution in [2.75, 3.05) is 9.80 Å². The summed E-state index contributed by atoms with van der Waals surface area (Å²) < 4.78 is 83.9. The minimum absolute atomic E-state index is 0.138. The van der Waals surface area contributed by atoms with Crippen LogP contribution in [0, 0.1) is 0 Å². The van der Waals surface area contributed by atoms with E-state index in [1.165, 1.54) is 11.1 Å². The van der Waals surface area contributed by atoms with Crippen LogP contribution in [0.25, 0.3) is 22.6 Å². The number of rotatable bonds is 16. The van der Waals surface area contributed by atoms with Crippen LogP contribution in [0.2, 0.25) is 0 Å². The molecule has 0 amide bonds. The summed E-state index contributed by atoms with van der Waals surface area (Å²) in [6, 6.07) is 51.1. The van der Waals surface area contributed by atoms with Gasteiger partial charge in [0.1, 0.15) is 11.5 Å². The third-order valence-corrected chi connectivity index (χ3v) is 10.7. The highest BCUT2D eigenvalue weighted by Gasteiger charge is 2.27. The van der Waals surface area contributed by atoms with Crippen molar-refractivity contribution in [1.82, 2.24) is 0 Å². The second-order valence-electron chi connectivity index (χ2n) is 15.3. The van der Waals surface area contributed by atoms with Crippen molar-refractivity contribution in [2.24, 2.45) is 0 Å². The normalized spacial score (nSPS) is 11.8. The molecule has 0 saturated heterocycles. The Labute approximate surface area is 353 Å². The molecule has 1 aromatic heterocycles. The molecule has 0 spiro atoms. The van der Waals surface area contributed by atoms with Gasteiger partial charge in [-0.1, -0.05) is 75.2 Å². The Kier molecular flexibility index (Phi) is 13.4. The maximum atomic E-state index is 12.9. The van der Waals surface area contributed by atoms with Crippen LogP contribution in [0.15, 0.2) is 162 Å². The van der Waals surface area contributed by atoms with Crippen LogP contribution in [0.4, 0.5) is 60.5 Å².